The molecular formula is C25H38O4. The van der Waals surface area contributed by atoms with Crippen molar-refractivity contribution in [3.05, 3.63) is 48.0 Å². The van der Waals surface area contributed by atoms with Crippen molar-refractivity contribution in [2.75, 3.05) is 0 Å². The fraction of sp³-hybridized carbons (Fsp3) is 0.600. The van der Waals surface area contributed by atoms with Crippen LogP contribution in [0.25, 0.3) is 0 Å². The molecule has 1 N–H and O–H groups in total. The summed E-state index contributed by atoms with van der Waals surface area (Å²) in [6.07, 6.45) is 16.9. The summed E-state index contributed by atoms with van der Waals surface area (Å²) in [5.74, 6) is -1.02. The molecule has 0 aromatic heterocycles. The molecule has 0 unspecified atom stereocenters. The van der Waals surface area contributed by atoms with Gasteiger partial charge in [0.25, 0.3) is 0 Å². The number of hydrogen-bond donors (Lipinski definition) is 1. The van der Waals surface area contributed by atoms with E-state index in [0.717, 1.165) is 57.8 Å². The summed E-state index contributed by atoms with van der Waals surface area (Å²) in [6.45, 7) is 2.20. The van der Waals surface area contributed by atoms with Gasteiger partial charge < -0.3 is 9.84 Å². The Morgan fingerprint density at radius 3 is 2.38 bits per heavy atom. The third kappa shape index (κ3) is 13.8. The highest BCUT2D eigenvalue weighted by Gasteiger charge is 2.11. The topological polar surface area (TPSA) is 63.6 Å². The second-order valence-electron chi connectivity index (χ2n) is 7.64. The maximum Gasteiger partial charge on any atom is 0.345 e. The Morgan fingerprint density at radius 1 is 0.931 bits per heavy atom. The lowest BCUT2D eigenvalue weighted by molar-refractivity contribution is -0.138. The van der Waals surface area contributed by atoms with Crippen LogP contribution in [0.1, 0.15) is 101 Å². The molecule has 1 atom stereocenters. The van der Waals surface area contributed by atoms with E-state index < -0.39 is 11.9 Å². The van der Waals surface area contributed by atoms with Crippen LogP contribution in [0.4, 0.5) is 0 Å². The van der Waals surface area contributed by atoms with Crippen LogP contribution in [0.3, 0.4) is 0 Å². The first-order valence-electron chi connectivity index (χ1n) is 11.3. The minimum absolute atomic E-state index is 0.198. The van der Waals surface area contributed by atoms with Gasteiger partial charge in [0.05, 0.1) is 11.7 Å². The van der Waals surface area contributed by atoms with E-state index in [1.54, 1.807) is 24.3 Å². The van der Waals surface area contributed by atoms with E-state index in [-0.39, 0.29) is 12.5 Å². The maximum atomic E-state index is 11.8. The number of carbonyl (C=O) groups excluding carboxylic acids is 2. The van der Waals surface area contributed by atoms with Crippen LogP contribution in [0.5, 0.6) is 0 Å². The van der Waals surface area contributed by atoms with Gasteiger partial charge in [-0.2, -0.15) is 0 Å². The van der Waals surface area contributed by atoms with E-state index in [4.69, 9.17) is 4.74 Å². The molecule has 1 rings (SSSR count). The van der Waals surface area contributed by atoms with E-state index >= 15 is 0 Å². The highest BCUT2D eigenvalue weighted by Crippen LogP contribution is 2.11. The van der Waals surface area contributed by atoms with Crippen LogP contribution in [0.15, 0.2) is 42.5 Å². The first-order chi connectivity index (χ1) is 14.1. The molecule has 0 heterocycles. The summed E-state index contributed by atoms with van der Waals surface area (Å²) in [5, 5.41) is 9.90. The molecule has 0 aliphatic rings. The van der Waals surface area contributed by atoms with Gasteiger partial charge in [0.15, 0.2) is 0 Å². The Bertz CT molecular complexity index is 580. The second kappa shape index (κ2) is 17.0. The van der Waals surface area contributed by atoms with Crippen molar-refractivity contribution in [1.29, 1.82) is 0 Å². The fourth-order valence-corrected chi connectivity index (χ4v) is 3.15. The van der Waals surface area contributed by atoms with Gasteiger partial charge in [-0.05, 0) is 44.2 Å². The van der Waals surface area contributed by atoms with Crippen molar-refractivity contribution in [3.8, 4) is 0 Å². The third-order valence-corrected chi connectivity index (χ3v) is 4.93. The predicted octanol–water partition coefficient (Wildman–Crippen LogP) is 6.38. The Balaban J connectivity index is 1.94. The molecule has 4 nitrogen and oxygen atoms in total. The molecule has 0 bridgehead atoms. The van der Waals surface area contributed by atoms with Crippen molar-refractivity contribution >= 4 is 11.9 Å². The van der Waals surface area contributed by atoms with Crippen molar-refractivity contribution < 1.29 is 19.4 Å². The Labute approximate surface area is 176 Å². The first-order valence-corrected chi connectivity index (χ1v) is 11.3. The van der Waals surface area contributed by atoms with Crippen LogP contribution in [-0.2, 0) is 9.53 Å². The quantitative estimate of drug-likeness (QED) is 0.151. The number of allylic oxidation sites excluding steroid dienone is 1. The van der Waals surface area contributed by atoms with E-state index in [2.05, 4.69) is 19.1 Å². The molecule has 0 spiro atoms. The number of ether oxygens (including phenoxy) is 1. The van der Waals surface area contributed by atoms with Gasteiger partial charge in [0, 0.05) is 6.42 Å². The lowest BCUT2D eigenvalue weighted by Crippen LogP contribution is -2.12. The average molecular weight is 403 g/mol. The van der Waals surface area contributed by atoms with Gasteiger partial charge in [-0.15, -0.1) is 0 Å². The van der Waals surface area contributed by atoms with E-state index in [0.29, 0.717) is 5.56 Å². The number of esters is 2. The molecule has 0 saturated carbocycles. The van der Waals surface area contributed by atoms with Gasteiger partial charge in [-0.25, -0.2) is 4.79 Å². The zero-order valence-corrected chi connectivity index (χ0v) is 18.0. The summed E-state index contributed by atoms with van der Waals surface area (Å²) in [6, 6.07) is 8.57. The van der Waals surface area contributed by atoms with Crippen LogP contribution in [0, 0.1) is 0 Å². The van der Waals surface area contributed by atoms with Crippen molar-refractivity contribution in [2.24, 2.45) is 0 Å². The molecular weight excluding hydrogens is 364 g/mol. The number of hydrogen-bond acceptors (Lipinski definition) is 4. The summed E-state index contributed by atoms with van der Waals surface area (Å²) < 4.78 is 4.86. The molecule has 162 valence electrons. The molecule has 0 saturated heterocycles. The molecule has 0 fully saturated rings. The lowest BCUT2D eigenvalue weighted by Gasteiger charge is -2.07. The highest BCUT2D eigenvalue weighted by molar-refractivity contribution is 5.96. The lowest BCUT2D eigenvalue weighted by atomic mass is 10.1. The molecule has 1 aromatic carbocycles. The van der Waals surface area contributed by atoms with Gasteiger partial charge in [-0.1, -0.05) is 82.2 Å². The molecule has 1 aromatic rings. The number of aliphatic hydroxyl groups excluding tert-OH is 1. The Hall–Kier alpha value is -1.94. The van der Waals surface area contributed by atoms with E-state index in [1.807, 2.05) is 6.07 Å². The SMILES string of the molecule is CCCCCC[C@@H](O)C/C=C\CCCCCCCC(=O)OC(=O)c1ccccc1. The standard InChI is InChI=1S/C25H38O4/c1-2-3-4-14-19-23(26)20-15-9-7-5-6-8-10-16-21-24(27)29-25(28)22-17-12-11-13-18-22/h9,11-13,15,17-18,23,26H,2-8,10,14,16,19-21H2,1H3/b15-9-/t23-/m1/s1. The molecule has 29 heavy (non-hydrogen) atoms. The van der Waals surface area contributed by atoms with Crippen molar-refractivity contribution in [3.63, 3.8) is 0 Å². The number of rotatable bonds is 16. The third-order valence-electron chi connectivity index (χ3n) is 4.93. The van der Waals surface area contributed by atoms with Crippen LogP contribution < -0.4 is 0 Å². The summed E-state index contributed by atoms with van der Waals surface area (Å²) in [5.41, 5.74) is 0.401. The highest BCUT2D eigenvalue weighted by atomic mass is 16.6. The van der Waals surface area contributed by atoms with Gasteiger partial charge in [0.1, 0.15) is 0 Å². The first kappa shape index (κ1) is 25.1. The van der Waals surface area contributed by atoms with E-state index in [9.17, 15) is 14.7 Å². The second-order valence-corrected chi connectivity index (χ2v) is 7.64. The smallest absolute Gasteiger partial charge is 0.345 e. The normalized spacial score (nSPS) is 12.2. The molecule has 0 radical (unpaired) electrons. The number of unbranched alkanes of at least 4 members (excludes halogenated alkanes) is 8. The number of aliphatic hydroxyl groups is 1. The number of benzene rings is 1. The summed E-state index contributed by atoms with van der Waals surface area (Å²) in [4.78, 5) is 23.5. The minimum atomic E-state index is -0.575. The van der Waals surface area contributed by atoms with Gasteiger partial charge in [-0.3, -0.25) is 4.79 Å². The van der Waals surface area contributed by atoms with E-state index in [1.165, 1.54) is 19.3 Å². The summed E-state index contributed by atoms with van der Waals surface area (Å²) in [7, 11) is 0. The Kier molecular flexibility index (Phi) is 14.7. The average Bonchev–Trinajstić information content (AvgIpc) is 2.73. The molecule has 0 amide bonds. The zero-order valence-electron chi connectivity index (χ0n) is 18.0. The van der Waals surface area contributed by atoms with Crippen LogP contribution in [-0.4, -0.2) is 23.1 Å². The zero-order chi connectivity index (χ0) is 21.2. The van der Waals surface area contributed by atoms with Gasteiger partial charge >= 0.3 is 11.9 Å². The minimum Gasteiger partial charge on any atom is -0.393 e. The summed E-state index contributed by atoms with van der Waals surface area (Å²) >= 11 is 0. The maximum absolute atomic E-state index is 11.8. The van der Waals surface area contributed by atoms with Crippen molar-refractivity contribution in [2.45, 2.75) is 96.5 Å². The number of carbonyl (C=O) groups is 2. The van der Waals surface area contributed by atoms with Crippen LogP contribution >= 0.6 is 0 Å². The fourth-order valence-electron chi connectivity index (χ4n) is 3.15. The van der Waals surface area contributed by atoms with Gasteiger partial charge in [0.2, 0.25) is 0 Å². The largest absolute Gasteiger partial charge is 0.393 e. The molecule has 0 aliphatic heterocycles. The molecule has 0 aliphatic carbocycles. The monoisotopic (exact) mass is 402 g/mol. The molecule has 4 heteroatoms. The predicted molar refractivity (Wildman–Crippen MR) is 118 cm³/mol. The van der Waals surface area contributed by atoms with Crippen molar-refractivity contribution in [1.82, 2.24) is 0 Å². The Morgan fingerprint density at radius 2 is 1.62 bits per heavy atom. The van der Waals surface area contributed by atoms with Crippen LogP contribution in [0.2, 0.25) is 0 Å².